The second-order valence-corrected chi connectivity index (χ2v) is 6.30. The van der Waals surface area contributed by atoms with Gasteiger partial charge in [0.2, 0.25) is 0 Å². The molecule has 1 aromatic heterocycles. The Morgan fingerprint density at radius 2 is 1.80 bits per heavy atom. The van der Waals surface area contributed by atoms with Crippen LogP contribution in [0.15, 0.2) is 48.5 Å². The molecule has 0 saturated heterocycles. The summed E-state index contributed by atoms with van der Waals surface area (Å²) < 4.78 is 13.3. The zero-order valence-electron chi connectivity index (χ0n) is 14.0. The van der Waals surface area contributed by atoms with Crippen LogP contribution in [0.1, 0.15) is 22.5 Å². The van der Waals surface area contributed by atoms with Crippen LogP contribution in [0.25, 0.3) is 22.8 Å². The number of fused-ring (bicyclic) bond motifs is 1. The van der Waals surface area contributed by atoms with Crippen LogP contribution in [-0.2, 0) is 4.79 Å². The van der Waals surface area contributed by atoms with Gasteiger partial charge in [-0.05, 0) is 60.9 Å². The first-order chi connectivity index (χ1) is 12.0. The maximum Gasteiger partial charge on any atom is 0.256 e. The quantitative estimate of drug-likeness (QED) is 0.642. The van der Waals surface area contributed by atoms with Crippen molar-refractivity contribution in [2.45, 2.75) is 13.8 Å². The zero-order chi connectivity index (χ0) is 17.6. The predicted molar refractivity (Wildman–Crippen MR) is 98.6 cm³/mol. The van der Waals surface area contributed by atoms with Gasteiger partial charge in [0.25, 0.3) is 5.91 Å². The molecule has 1 amide bonds. The molecule has 0 saturated carbocycles. The van der Waals surface area contributed by atoms with Crippen LogP contribution >= 0.6 is 0 Å². The second-order valence-electron chi connectivity index (χ2n) is 6.30. The summed E-state index contributed by atoms with van der Waals surface area (Å²) in [5, 5.41) is 2.92. The topological polar surface area (TPSA) is 44.9 Å². The fourth-order valence-corrected chi connectivity index (χ4v) is 3.30. The molecule has 2 heterocycles. The fraction of sp³-hybridized carbons (Fsp3) is 0.0952. The third-order valence-corrected chi connectivity index (χ3v) is 4.46. The number of aryl methyl sites for hydroxylation is 2. The van der Waals surface area contributed by atoms with Gasteiger partial charge in [-0.2, -0.15) is 0 Å². The number of hydrogen-bond acceptors (Lipinski definition) is 1. The van der Waals surface area contributed by atoms with Crippen LogP contribution in [0.2, 0.25) is 0 Å². The number of nitrogens with one attached hydrogen (secondary N) is 2. The van der Waals surface area contributed by atoms with E-state index in [1.807, 2.05) is 44.2 Å². The largest absolute Gasteiger partial charge is 0.359 e. The number of halogens is 1. The lowest BCUT2D eigenvalue weighted by atomic mass is 9.94. The van der Waals surface area contributed by atoms with Crippen LogP contribution in [0, 0.1) is 19.7 Å². The maximum atomic E-state index is 13.3. The lowest BCUT2D eigenvalue weighted by molar-refractivity contribution is -0.110. The minimum Gasteiger partial charge on any atom is -0.359 e. The number of hydrogen-bond donors (Lipinski definition) is 2. The average Bonchev–Trinajstić information content (AvgIpc) is 3.07. The molecule has 4 heteroatoms. The predicted octanol–water partition coefficient (Wildman–Crippen LogP) is 4.93. The van der Waals surface area contributed by atoms with E-state index in [0.717, 1.165) is 39.3 Å². The molecule has 0 fully saturated rings. The van der Waals surface area contributed by atoms with Crippen molar-refractivity contribution >= 4 is 23.2 Å². The van der Waals surface area contributed by atoms with Gasteiger partial charge in [-0.25, -0.2) is 4.39 Å². The molecule has 3 nitrogen and oxygen atoms in total. The summed E-state index contributed by atoms with van der Waals surface area (Å²) >= 11 is 0. The molecule has 2 N–H and O–H groups in total. The Morgan fingerprint density at radius 1 is 1.04 bits per heavy atom. The number of carbonyl (C=O) groups excluding carboxylic acids is 1. The van der Waals surface area contributed by atoms with E-state index >= 15 is 0 Å². The van der Waals surface area contributed by atoms with Gasteiger partial charge in [-0.15, -0.1) is 0 Å². The second kappa shape index (κ2) is 5.74. The Hall–Kier alpha value is -3.14. The summed E-state index contributed by atoms with van der Waals surface area (Å²) in [5.41, 5.74) is 7.08. The number of benzene rings is 2. The van der Waals surface area contributed by atoms with Crippen molar-refractivity contribution in [1.82, 2.24) is 4.98 Å². The van der Waals surface area contributed by atoms with Crippen LogP contribution in [0.4, 0.5) is 10.1 Å². The SMILES string of the molecule is Cc1cc(C)c(/C=C2\C(=O)Nc3cccc(-c4ccc(F)cc4)c32)[nH]1. The maximum absolute atomic E-state index is 13.3. The molecular formula is C21H17FN2O. The smallest absolute Gasteiger partial charge is 0.256 e. The highest BCUT2D eigenvalue weighted by Crippen LogP contribution is 2.40. The zero-order valence-corrected chi connectivity index (χ0v) is 14.0. The first-order valence-corrected chi connectivity index (χ1v) is 8.11. The van der Waals surface area contributed by atoms with Gasteiger partial charge in [-0.1, -0.05) is 24.3 Å². The number of H-pyrrole nitrogens is 1. The molecule has 0 spiro atoms. The number of amides is 1. The van der Waals surface area contributed by atoms with Crippen molar-refractivity contribution in [1.29, 1.82) is 0 Å². The highest BCUT2D eigenvalue weighted by Gasteiger charge is 2.27. The van der Waals surface area contributed by atoms with Crippen LogP contribution in [0.3, 0.4) is 0 Å². The molecule has 0 aliphatic carbocycles. The van der Waals surface area contributed by atoms with E-state index in [1.165, 1.54) is 12.1 Å². The first kappa shape index (κ1) is 15.4. The Balaban J connectivity index is 1.91. The third kappa shape index (κ3) is 2.66. The molecule has 2 aromatic carbocycles. The fourth-order valence-electron chi connectivity index (χ4n) is 3.30. The van der Waals surface area contributed by atoms with Gasteiger partial charge in [0, 0.05) is 22.6 Å². The standard InChI is InChI=1S/C21H17FN2O/c1-12-10-13(2)23-19(12)11-17-20-16(14-6-8-15(22)9-7-14)4-3-5-18(20)24-21(17)25/h3-11,23H,1-2H3,(H,24,25)/b17-11-. The van der Waals surface area contributed by atoms with Crippen LogP contribution in [0.5, 0.6) is 0 Å². The van der Waals surface area contributed by atoms with E-state index in [-0.39, 0.29) is 11.7 Å². The van der Waals surface area contributed by atoms with Crippen LogP contribution < -0.4 is 5.32 Å². The molecule has 1 aliphatic rings. The first-order valence-electron chi connectivity index (χ1n) is 8.11. The molecule has 124 valence electrons. The molecule has 0 radical (unpaired) electrons. The van der Waals surface area contributed by atoms with Crippen molar-refractivity contribution < 1.29 is 9.18 Å². The molecule has 4 rings (SSSR count). The minimum atomic E-state index is -0.279. The van der Waals surface area contributed by atoms with E-state index in [9.17, 15) is 9.18 Å². The highest BCUT2D eigenvalue weighted by molar-refractivity contribution is 6.36. The summed E-state index contributed by atoms with van der Waals surface area (Å²) in [6.07, 6.45) is 1.89. The van der Waals surface area contributed by atoms with Crippen molar-refractivity contribution in [3.8, 4) is 11.1 Å². The van der Waals surface area contributed by atoms with Gasteiger partial charge < -0.3 is 10.3 Å². The van der Waals surface area contributed by atoms with Crippen molar-refractivity contribution in [3.05, 3.63) is 76.9 Å². The Morgan fingerprint density at radius 3 is 2.48 bits per heavy atom. The lowest BCUT2D eigenvalue weighted by Gasteiger charge is -2.08. The number of carbonyl (C=O) groups is 1. The molecule has 3 aromatic rings. The van der Waals surface area contributed by atoms with E-state index in [2.05, 4.69) is 10.3 Å². The molecule has 1 aliphatic heterocycles. The lowest BCUT2D eigenvalue weighted by Crippen LogP contribution is -2.03. The number of rotatable bonds is 2. The van der Waals surface area contributed by atoms with Crippen molar-refractivity contribution in [3.63, 3.8) is 0 Å². The average molecular weight is 332 g/mol. The normalized spacial score (nSPS) is 14.7. The Labute approximate surface area is 145 Å². The van der Waals surface area contributed by atoms with E-state index in [1.54, 1.807) is 12.1 Å². The number of aromatic amines is 1. The van der Waals surface area contributed by atoms with E-state index in [4.69, 9.17) is 0 Å². The molecule has 0 unspecified atom stereocenters. The summed E-state index contributed by atoms with van der Waals surface area (Å²) in [5.74, 6) is -0.407. The van der Waals surface area contributed by atoms with Gasteiger partial charge in [0.05, 0.1) is 5.57 Å². The van der Waals surface area contributed by atoms with Gasteiger partial charge in [0.1, 0.15) is 5.82 Å². The van der Waals surface area contributed by atoms with Crippen molar-refractivity contribution in [2.75, 3.05) is 5.32 Å². The molecule has 0 bridgehead atoms. The monoisotopic (exact) mass is 332 g/mol. The Bertz CT molecular complexity index is 1010. The van der Waals surface area contributed by atoms with Gasteiger partial charge in [-0.3, -0.25) is 4.79 Å². The van der Waals surface area contributed by atoms with E-state index in [0.29, 0.717) is 5.57 Å². The summed E-state index contributed by atoms with van der Waals surface area (Å²) in [4.78, 5) is 15.8. The summed E-state index contributed by atoms with van der Waals surface area (Å²) in [6.45, 7) is 4.00. The van der Waals surface area contributed by atoms with Crippen molar-refractivity contribution in [2.24, 2.45) is 0 Å². The summed E-state index contributed by atoms with van der Waals surface area (Å²) in [6, 6.07) is 14.1. The van der Waals surface area contributed by atoms with E-state index < -0.39 is 0 Å². The Kier molecular flexibility index (Phi) is 3.53. The number of aromatic nitrogens is 1. The summed E-state index contributed by atoms with van der Waals surface area (Å²) in [7, 11) is 0. The number of anilines is 1. The van der Waals surface area contributed by atoms with Gasteiger partial charge >= 0.3 is 0 Å². The highest BCUT2D eigenvalue weighted by atomic mass is 19.1. The molecular weight excluding hydrogens is 315 g/mol. The van der Waals surface area contributed by atoms with Gasteiger partial charge in [0.15, 0.2) is 0 Å². The van der Waals surface area contributed by atoms with Crippen LogP contribution in [-0.4, -0.2) is 10.9 Å². The third-order valence-electron chi connectivity index (χ3n) is 4.46. The minimum absolute atomic E-state index is 0.129. The molecule has 25 heavy (non-hydrogen) atoms. The molecule has 0 atom stereocenters.